The molecule has 2 saturated heterocycles. The summed E-state index contributed by atoms with van der Waals surface area (Å²) in [5.41, 5.74) is 0.589. The maximum Gasteiger partial charge on any atom is 0.223 e. The monoisotopic (exact) mass is 379 g/mol. The van der Waals surface area contributed by atoms with Gasteiger partial charge in [0.05, 0.1) is 31.3 Å². The van der Waals surface area contributed by atoms with Crippen LogP contribution in [0.25, 0.3) is 0 Å². The van der Waals surface area contributed by atoms with Gasteiger partial charge >= 0.3 is 0 Å². The zero-order chi connectivity index (χ0) is 18.2. The lowest BCUT2D eigenvalue weighted by Gasteiger charge is -2.39. The Morgan fingerprint density at radius 3 is 2.73 bits per heavy atom. The number of ether oxygens (including phenoxy) is 2. The van der Waals surface area contributed by atoms with E-state index in [1.807, 2.05) is 29.2 Å². The molecule has 1 unspecified atom stereocenters. The van der Waals surface area contributed by atoms with E-state index in [-0.39, 0.29) is 23.3 Å². The summed E-state index contributed by atoms with van der Waals surface area (Å²) in [5, 5.41) is 0. The first-order chi connectivity index (χ1) is 12.4. The van der Waals surface area contributed by atoms with Crippen molar-refractivity contribution in [1.29, 1.82) is 0 Å². The summed E-state index contributed by atoms with van der Waals surface area (Å²) in [4.78, 5) is 14.9. The molecule has 6 nitrogen and oxygen atoms in total. The van der Waals surface area contributed by atoms with Gasteiger partial charge in [-0.25, -0.2) is 8.42 Å². The predicted octanol–water partition coefficient (Wildman–Crippen LogP) is 1.78. The van der Waals surface area contributed by atoms with Crippen LogP contribution in [-0.4, -0.2) is 56.1 Å². The highest BCUT2D eigenvalue weighted by Gasteiger charge is 2.41. The largest absolute Gasteiger partial charge is 0.485 e. The van der Waals surface area contributed by atoms with E-state index in [0.29, 0.717) is 39.1 Å². The van der Waals surface area contributed by atoms with Gasteiger partial charge in [0.15, 0.2) is 9.84 Å². The number of rotatable bonds is 2. The van der Waals surface area contributed by atoms with Crippen molar-refractivity contribution in [3.8, 4) is 5.75 Å². The highest BCUT2D eigenvalue weighted by atomic mass is 32.2. The Hall–Kier alpha value is -1.60. The SMILES string of the molecule is O=C(CC1CCS(=O)(=O)C1)N1Cc2ccccc2OC2(CCOCC2)C1. The second-order valence-electron chi connectivity index (χ2n) is 7.73. The first-order valence-corrected chi connectivity index (χ1v) is 11.1. The molecule has 26 heavy (non-hydrogen) atoms. The fraction of sp³-hybridized carbons (Fsp3) is 0.632. The van der Waals surface area contributed by atoms with Gasteiger partial charge in [-0.05, 0) is 18.4 Å². The number of fused-ring (bicyclic) bond motifs is 1. The molecule has 7 heteroatoms. The van der Waals surface area contributed by atoms with Crippen LogP contribution in [0, 0.1) is 5.92 Å². The molecule has 0 N–H and O–H groups in total. The summed E-state index contributed by atoms with van der Waals surface area (Å²) < 4.78 is 35.3. The highest BCUT2D eigenvalue weighted by molar-refractivity contribution is 7.91. The van der Waals surface area contributed by atoms with Crippen molar-refractivity contribution in [2.45, 2.75) is 37.8 Å². The molecular formula is C19H25NO5S. The van der Waals surface area contributed by atoms with E-state index >= 15 is 0 Å². The molecule has 142 valence electrons. The van der Waals surface area contributed by atoms with Crippen LogP contribution >= 0.6 is 0 Å². The van der Waals surface area contributed by atoms with Gasteiger partial charge in [-0.3, -0.25) is 4.79 Å². The maximum absolute atomic E-state index is 13.0. The van der Waals surface area contributed by atoms with Gasteiger partial charge in [-0.1, -0.05) is 18.2 Å². The number of para-hydroxylation sites is 1. The van der Waals surface area contributed by atoms with E-state index in [9.17, 15) is 13.2 Å². The van der Waals surface area contributed by atoms with Crippen LogP contribution in [-0.2, 0) is 25.9 Å². The van der Waals surface area contributed by atoms with Crippen LogP contribution < -0.4 is 4.74 Å². The number of carbonyl (C=O) groups excluding carboxylic acids is 1. The molecule has 4 rings (SSSR count). The highest BCUT2D eigenvalue weighted by Crippen LogP contribution is 2.35. The van der Waals surface area contributed by atoms with Crippen molar-refractivity contribution >= 4 is 15.7 Å². The van der Waals surface area contributed by atoms with Crippen LogP contribution in [0.4, 0.5) is 0 Å². The second kappa shape index (κ2) is 6.85. The molecule has 3 heterocycles. The summed E-state index contributed by atoms with van der Waals surface area (Å²) in [6, 6.07) is 7.86. The van der Waals surface area contributed by atoms with Crippen LogP contribution in [0.2, 0.25) is 0 Å². The van der Waals surface area contributed by atoms with Crippen molar-refractivity contribution in [3.05, 3.63) is 29.8 Å². The van der Waals surface area contributed by atoms with Gasteiger partial charge in [-0.2, -0.15) is 0 Å². The minimum Gasteiger partial charge on any atom is -0.485 e. The standard InChI is InChI=1S/C19H25NO5S/c21-18(11-15-5-10-26(22,23)13-15)20-12-16-3-1-2-4-17(16)25-19(14-20)6-8-24-9-7-19/h1-4,15H,5-14H2. The molecule has 0 saturated carbocycles. The predicted molar refractivity (Wildman–Crippen MR) is 96.6 cm³/mol. The zero-order valence-corrected chi connectivity index (χ0v) is 15.7. The first kappa shape index (κ1) is 17.8. The van der Waals surface area contributed by atoms with Gasteiger partial charge in [0.2, 0.25) is 5.91 Å². The Morgan fingerprint density at radius 2 is 2.00 bits per heavy atom. The summed E-state index contributed by atoms with van der Waals surface area (Å²) >= 11 is 0. The Bertz CT molecular complexity index is 785. The quantitative estimate of drug-likeness (QED) is 0.783. The molecule has 1 aromatic carbocycles. The number of carbonyl (C=O) groups is 1. The van der Waals surface area contributed by atoms with Crippen molar-refractivity contribution in [2.24, 2.45) is 5.92 Å². The van der Waals surface area contributed by atoms with Crippen LogP contribution in [0.1, 0.15) is 31.2 Å². The average Bonchev–Trinajstić information content (AvgIpc) is 2.86. The number of nitrogens with zero attached hydrogens (tertiary/aromatic N) is 1. The van der Waals surface area contributed by atoms with E-state index in [4.69, 9.17) is 9.47 Å². The summed E-state index contributed by atoms with van der Waals surface area (Å²) in [7, 11) is -2.97. The number of sulfone groups is 1. The molecule has 3 aliphatic heterocycles. The smallest absolute Gasteiger partial charge is 0.223 e. The number of amides is 1. The van der Waals surface area contributed by atoms with Crippen LogP contribution in [0.5, 0.6) is 5.75 Å². The van der Waals surface area contributed by atoms with Crippen molar-refractivity contribution in [3.63, 3.8) is 0 Å². The van der Waals surface area contributed by atoms with Gasteiger partial charge in [-0.15, -0.1) is 0 Å². The Balaban J connectivity index is 1.55. The zero-order valence-electron chi connectivity index (χ0n) is 14.9. The third-order valence-electron chi connectivity index (χ3n) is 5.69. The summed E-state index contributed by atoms with van der Waals surface area (Å²) in [5.74, 6) is 1.15. The van der Waals surface area contributed by atoms with E-state index < -0.39 is 15.4 Å². The van der Waals surface area contributed by atoms with Crippen molar-refractivity contribution < 1.29 is 22.7 Å². The van der Waals surface area contributed by atoms with E-state index in [1.165, 1.54) is 0 Å². The number of benzene rings is 1. The number of hydrogen-bond donors (Lipinski definition) is 0. The normalized spacial score (nSPS) is 26.8. The average molecular weight is 379 g/mol. The van der Waals surface area contributed by atoms with E-state index in [0.717, 1.165) is 24.2 Å². The first-order valence-electron chi connectivity index (χ1n) is 9.28. The molecule has 0 aliphatic carbocycles. The topological polar surface area (TPSA) is 72.9 Å². The lowest BCUT2D eigenvalue weighted by Crippen LogP contribution is -2.51. The van der Waals surface area contributed by atoms with Crippen LogP contribution in [0.15, 0.2) is 24.3 Å². The number of hydrogen-bond acceptors (Lipinski definition) is 5. The van der Waals surface area contributed by atoms with Gasteiger partial charge in [0.25, 0.3) is 0 Å². The van der Waals surface area contributed by atoms with Gasteiger partial charge < -0.3 is 14.4 Å². The fourth-order valence-corrected chi connectivity index (χ4v) is 6.06. The molecular weight excluding hydrogens is 354 g/mol. The minimum absolute atomic E-state index is 0.0262. The third kappa shape index (κ3) is 3.74. The molecule has 3 aliphatic rings. The summed E-state index contributed by atoms with van der Waals surface area (Å²) in [6.07, 6.45) is 2.40. The molecule has 1 atom stereocenters. The molecule has 2 fully saturated rings. The molecule has 0 aromatic heterocycles. The molecule has 0 radical (unpaired) electrons. The Morgan fingerprint density at radius 1 is 1.23 bits per heavy atom. The second-order valence-corrected chi connectivity index (χ2v) is 9.96. The minimum atomic E-state index is -2.97. The van der Waals surface area contributed by atoms with E-state index in [1.54, 1.807) is 0 Å². The molecule has 1 amide bonds. The Kier molecular flexibility index (Phi) is 4.69. The maximum atomic E-state index is 13.0. The fourth-order valence-electron chi connectivity index (χ4n) is 4.20. The lowest BCUT2D eigenvalue weighted by molar-refractivity contribution is -0.137. The van der Waals surface area contributed by atoms with Crippen molar-refractivity contribution in [2.75, 3.05) is 31.3 Å². The van der Waals surface area contributed by atoms with Gasteiger partial charge in [0.1, 0.15) is 11.4 Å². The molecule has 0 bridgehead atoms. The Labute approximate surface area is 154 Å². The van der Waals surface area contributed by atoms with Crippen LogP contribution in [0.3, 0.4) is 0 Å². The third-order valence-corrected chi connectivity index (χ3v) is 7.52. The molecule has 1 aromatic rings. The van der Waals surface area contributed by atoms with Crippen molar-refractivity contribution in [1.82, 2.24) is 4.90 Å². The molecule has 1 spiro atoms. The lowest BCUT2D eigenvalue weighted by atomic mass is 9.93. The van der Waals surface area contributed by atoms with E-state index in [2.05, 4.69) is 0 Å². The summed E-state index contributed by atoms with van der Waals surface area (Å²) in [6.45, 7) is 2.30. The van der Waals surface area contributed by atoms with Gasteiger partial charge in [0, 0.05) is 31.4 Å².